The first-order chi connectivity index (χ1) is 13.8. The molecular formula is C20H22BrF3N2O3S. The van der Waals surface area contributed by atoms with E-state index >= 15 is 0 Å². The predicted octanol–water partition coefficient (Wildman–Crippen LogP) is 5.65. The van der Waals surface area contributed by atoms with Crippen LogP contribution in [0.25, 0.3) is 0 Å². The lowest BCUT2D eigenvalue weighted by atomic mass is 9.98. The molecule has 5 nitrogen and oxygen atoms in total. The smallest absolute Gasteiger partial charge is 0.416 e. The maximum absolute atomic E-state index is 13.4. The van der Waals surface area contributed by atoms with E-state index in [1.165, 1.54) is 29.5 Å². The molecule has 10 heteroatoms. The Balaban J connectivity index is 2.36. The zero-order chi connectivity index (χ0) is 22.7. The number of carbonyl (C=O) groups is 2. The predicted molar refractivity (Wildman–Crippen MR) is 113 cm³/mol. The lowest BCUT2D eigenvalue weighted by Gasteiger charge is -2.36. The van der Waals surface area contributed by atoms with E-state index in [-0.39, 0.29) is 18.5 Å². The molecule has 30 heavy (non-hydrogen) atoms. The second kappa shape index (κ2) is 9.38. The molecule has 0 aliphatic rings. The van der Waals surface area contributed by atoms with Gasteiger partial charge in [0.25, 0.3) is 5.91 Å². The fourth-order valence-corrected chi connectivity index (χ4v) is 4.28. The summed E-state index contributed by atoms with van der Waals surface area (Å²) in [6.07, 6.45) is -5.95. The first kappa shape index (κ1) is 24.2. The van der Waals surface area contributed by atoms with Crippen molar-refractivity contribution in [3.05, 3.63) is 56.2 Å². The van der Waals surface area contributed by atoms with Crippen molar-refractivity contribution in [2.45, 2.75) is 44.9 Å². The molecule has 164 valence electrons. The molecule has 0 spiro atoms. The Hall–Kier alpha value is -2.07. The van der Waals surface area contributed by atoms with Crippen molar-refractivity contribution in [3.63, 3.8) is 0 Å². The van der Waals surface area contributed by atoms with Gasteiger partial charge >= 0.3 is 12.3 Å². The number of thiophene rings is 1. The minimum absolute atomic E-state index is 0.0121. The normalized spacial score (nSPS) is 13.0. The van der Waals surface area contributed by atoms with E-state index < -0.39 is 35.3 Å². The molecule has 1 heterocycles. The monoisotopic (exact) mass is 506 g/mol. The maximum Gasteiger partial charge on any atom is 0.416 e. The summed E-state index contributed by atoms with van der Waals surface area (Å²) < 4.78 is 40.9. The maximum atomic E-state index is 13.4. The molecule has 0 saturated carbocycles. The number of hydrogen-bond acceptors (Lipinski definition) is 3. The summed E-state index contributed by atoms with van der Waals surface area (Å²) in [5.41, 5.74) is -1.62. The van der Waals surface area contributed by atoms with Gasteiger partial charge in [-0.3, -0.25) is 4.79 Å². The number of nitrogens with one attached hydrogen (secondary N) is 1. The lowest BCUT2D eigenvalue weighted by molar-refractivity contribution is -0.138. The minimum atomic E-state index is -4.56. The van der Waals surface area contributed by atoms with Gasteiger partial charge in [-0.15, -0.1) is 11.3 Å². The number of benzene rings is 1. The van der Waals surface area contributed by atoms with Crippen LogP contribution in [0.3, 0.4) is 0 Å². The summed E-state index contributed by atoms with van der Waals surface area (Å²) in [6.45, 7) is 4.88. The van der Waals surface area contributed by atoms with E-state index in [0.717, 1.165) is 11.0 Å². The van der Waals surface area contributed by atoms with Gasteiger partial charge < -0.3 is 15.3 Å². The molecular weight excluding hydrogens is 485 g/mol. The van der Waals surface area contributed by atoms with Crippen LogP contribution >= 0.6 is 27.3 Å². The van der Waals surface area contributed by atoms with Crippen molar-refractivity contribution >= 4 is 39.3 Å². The number of nitrogens with zero attached hydrogens (tertiary/aromatic N) is 1. The van der Waals surface area contributed by atoms with Gasteiger partial charge in [-0.05, 0) is 60.8 Å². The van der Waals surface area contributed by atoms with Crippen molar-refractivity contribution in [2.24, 2.45) is 0 Å². The number of halogens is 4. The largest absolute Gasteiger partial charge is 0.465 e. The summed E-state index contributed by atoms with van der Waals surface area (Å²) >= 11 is 4.43. The molecule has 0 saturated heterocycles. The average molecular weight is 507 g/mol. The topological polar surface area (TPSA) is 69.6 Å². The number of amides is 2. The molecule has 0 fully saturated rings. The van der Waals surface area contributed by atoms with Gasteiger partial charge in [0.15, 0.2) is 0 Å². The van der Waals surface area contributed by atoms with Crippen LogP contribution in [0, 0.1) is 0 Å². The van der Waals surface area contributed by atoms with Gasteiger partial charge in [-0.2, -0.15) is 13.2 Å². The number of hydrogen-bond donors (Lipinski definition) is 2. The lowest BCUT2D eigenvalue weighted by Crippen LogP contribution is -2.53. The highest BCUT2D eigenvalue weighted by atomic mass is 79.9. The van der Waals surface area contributed by atoms with Crippen LogP contribution in [0.5, 0.6) is 0 Å². The molecule has 0 aliphatic carbocycles. The highest BCUT2D eigenvalue weighted by Gasteiger charge is 2.35. The summed E-state index contributed by atoms with van der Waals surface area (Å²) in [7, 11) is 0. The van der Waals surface area contributed by atoms with Crippen molar-refractivity contribution in [3.8, 4) is 0 Å². The van der Waals surface area contributed by atoms with E-state index in [1.54, 1.807) is 32.2 Å². The molecule has 0 bridgehead atoms. The van der Waals surface area contributed by atoms with E-state index in [9.17, 15) is 27.9 Å². The van der Waals surface area contributed by atoms with Crippen LogP contribution < -0.4 is 5.32 Å². The molecule has 2 aromatic rings. The number of carboxylic acid groups (broad SMARTS) is 1. The highest BCUT2D eigenvalue weighted by Crippen LogP contribution is 2.32. The zero-order valence-corrected chi connectivity index (χ0v) is 19.0. The van der Waals surface area contributed by atoms with Crippen molar-refractivity contribution in [2.75, 3.05) is 6.54 Å². The van der Waals surface area contributed by atoms with Crippen LogP contribution in [0.15, 0.2) is 40.2 Å². The van der Waals surface area contributed by atoms with Crippen molar-refractivity contribution in [1.29, 1.82) is 0 Å². The first-order valence-corrected chi connectivity index (χ1v) is 10.7. The van der Waals surface area contributed by atoms with Crippen LogP contribution in [0.2, 0.25) is 0 Å². The highest BCUT2D eigenvalue weighted by molar-refractivity contribution is 9.10. The molecule has 0 unspecified atom stereocenters. The Morgan fingerprint density at radius 1 is 1.23 bits per heavy atom. The summed E-state index contributed by atoms with van der Waals surface area (Å²) in [6, 6.07) is 5.83. The Labute approximate surface area is 185 Å². The Bertz CT molecular complexity index is 909. The number of alkyl halides is 3. The summed E-state index contributed by atoms with van der Waals surface area (Å²) in [5, 5.41) is 14.0. The minimum Gasteiger partial charge on any atom is -0.465 e. The van der Waals surface area contributed by atoms with Crippen molar-refractivity contribution < 1.29 is 27.9 Å². The quantitative estimate of drug-likeness (QED) is 0.531. The third-order valence-electron chi connectivity index (χ3n) is 4.36. The van der Waals surface area contributed by atoms with Crippen LogP contribution in [0.1, 0.15) is 41.6 Å². The number of rotatable bonds is 6. The molecule has 1 atom stereocenters. The Kier molecular flexibility index (Phi) is 7.57. The first-order valence-electron chi connectivity index (χ1n) is 8.99. The van der Waals surface area contributed by atoms with Gasteiger partial charge in [-0.25, -0.2) is 4.79 Å². The molecule has 2 amide bonds. The van der Waals surface area contributed by atoms with Crippen LogP contribution in [-0.4, -0.2) is 40.1 Å². The standard InChI is InChI=1S/C20H22BrF3N2O3S/c1-19(2,3)26(18(28)29)10-14(25-17(27)16-9-13(21)11-30-16)8-12-6-4-5-7-15(12)20(22,23)24/h4-7,9,11,14H,8,10H2,1-3H3,(H,25,27)(H,28,29)/t14-/m1/s1. The van der Waals surface area contributed by atoms with E-state index in [2.05, 4.69) is 21.2 Å². The molecule has 2 rings (SSSR count). The second-order valence-corrected chi connectivity index (χ2v) is 9.55. The second-order valence-electron chi connectivity index (χ2n) is 7.72. The average Bonchev–Trinajstić information content (AvgIpc) is 3.04. The molecule has 0 radical (unpaired) electrons. The molecule has 0 aliphatic heterocycles. The summed E-state index contributed by atoms with van der Waals surface area (Å²) in [4.78, 5) is 25.9. The molecule has 1 aromatic carbocycles. The van der Waals surface area contributed by atoms with Gasteiger partial charge in [0.1, 0.15) is 0 Å². The Morgan fingerprint density at radius 2 is 1.87 bits per heavy atom. The van der Waals surface area contributed by atoms with Crippen LogP contribution in [0.4, 0.5) is 18.0 Å². The molecule has 1 aromatic heterocycles. The molecule has 2 N–H and O–H groups in total. The van der Waals surface area contributed by atoms with Crippen molar-refractivity contribution in [1.82, 2.24) is 10.2 Å². The third-order valence-corrected chi connectivity index (χ3v) is 6.05. The summed E-state index contributed by atoms with van der Waals surface area (Å²) in [5.74, 6) is -0.473. The van der Waals surface area contributed by atoms with Gasteiger partial charge in [0.05, 0.1) is 16.5 Å². The number of carbonyl (C=O) groups excluding carboxylic acids is 1. The van der Waals surface area contributed by atoms with E-state index in [0.29, 0.717) is 9.35 Å². The van der Waals surface area contributed by atoms with Gasteiger partial charge in [0.2, 0.25) is 0 Å². The van der Waals surface area contributed by atoms with E-state index in [4.69, 9.17) is 0 Å². The zero-order valence-electron chi connectivity index (χ0n) is 16.6. The fourth-order valence-electron chi connectivity index (χ4n) is 2.95. The van der Waals surface area contributed by atoms with Gasteiger partial charge in [-0.1, -0.05) is 18.2 Å². The fraction of sp³-hybridized carbons (Fsp3) is 0.400. The van der Waals surface area contributed by atoms with Crippen LogP contribution in [-0.2, 0) is 12.6 Å². The third kappa shape index (κ3) is 6.46. The van der Waals surface area contributed by atoms with Gasteiger partial charge in [0, 0.05) is 21.9 Å². The SMILES string of the molecule is CC(C)(C)N(C[C@@H](Cc1ccccc1C(F)(F)F)NC(=O)c1cc(Br)cs1)C(=O)O. The van der Waals surface area contributed by atoms with E-state index in [1.807, 2.05) is 0 Å². The Morgan fingerprint density at radius 3 is 2.37 bits per heavy atom.